The van der Waals surface area contributed by atoms with Crippen LogP contribution in [-0.2, 0) is 4.74 Å². The molecule has 0 bridgehead atoms. The van der Waals surface area contributed by atoms with Gasteiger partial charge in [-0.1, -0.05) is 27.7 Å². The summed E-state index contributed by atoms with van der Waals surface area (Å²) in [6.07, 6.45) is -3.45. The summed E-state index contributed by atoms with van der Waals surface area (Å²) in [6, 6.07) is 0. The van der Waals surface area contributed by atoms with Crippen LogP contribution in [0, 0.1) is 11.3 Å². The average molecular weight is 255 g/mol. The van der Waals surface area contributed by atoms with Crippen LogP contribution in [0.15, 0.2) is 0 Å². The normalized spacial score (nSPS) is 16.2. The highest BCUT2D eigenvalue weighted by molar-refractivity contribution is 4.75. The fourth-order valence-electron chi connectivity index (χ4n) is 1.35. The van der Waals surface area contributed by atoms with Gasteiger partial charge in [-0.25, -0.2) is 0 Å². The van der Waals surface area contributed by atoms with E-state index in [1.165, 1.54) is 0 Å². The van der Waals surface area contributed by atoms with E-state index in [0.717, 1.165) is 13.0 Å². The first-order valence-corrected chi connectivity index (χ1v) is 6.04. The zero-order valence-electron chi connectivity index (χ0n) is 11.2. The van der Waals surface area contributed by atoms with Crippen LogP contribution in [0.2, 0.25) is 0 Å². The number of rotatable bonds is 8. The molecule has 1 unspecified atom stereocenters. The number of halogens is 3. The standard InChI is InChI=1S/C12H24F3NO/c1-5-11(4,7-16-6-10(2)3)8-17-9-12(13,14)15/h10,16H,5-9H2,1-4H3. The molecule has 5 heteroatoms. The summed E-state index contributed by atoms with van der Waals surface area (Å²) in [5.74, 6) is 0.534. The summed E-state index contributed by atoms with van der Waals surface area (Å²) in [6.45, 7) is 8.62. The molecule has 0 radical (unpaired) electrons. The molecule has 0 aromatic heterocycles. The minimum absolute atomic E-state index is 0.133. The summed E-state index contributed by atoms with van der Waals surface area (Å²) >= 11 is 0. The number of hydrogen-bond acceptors (Lipinski definition) is 2. The Hall–Kier alpha value is -0.290. The lowest BCUT2D eigenvalue weighted by Gasteiger charge is -2.29. The molecule has 0 heterocycles. The lowest BCUT2D eigenvalue weighted by atomic mass is 9.88. The van der Waals surface area contributed by atoms with Gasteiger partial charge in [0, 0.05) is 12.0 Å². The second kappa shape index (κ2) is 7.21. The lowest BCUT2D eigenvalue weighted by Crippen LogP contribution is -2.37. The summed E-state index contributed by atoms with van der Waals surface area (Å²) in [5, 5.41) is 3.26. The molecule has 0 rings (SSSR count). The van der Waals surface area contributed by atoms with E-state index in [9.17, 15) is 13.2 Å². The highest BCUT2D eigenvalue weighted by atomic mass is 19.4. The van der Waals surface area contributed by atoms with E-state index < -0.39 is 12.8 Å². The van der Waals surface area contributed by atoms with Gasteiger partial charge in [-0.3, -0.25) is 0 Å². The molecule has 104 valence electrons. The first kappa shape index (κ1) is 16.7. The van der Waals surface area contributed by atoms with Crippen LogP contribution in [0.4, 0.5) is 13.2 Å². The van der Waals surface area contributed by atoms with Crippen LogP contribution >= 0.6 is 0 Å². The molecule has 0 saturated heterocycles. The van der Waals surface area contributed by atoms with Crippen molar-refractivity contribution < 1.29 is 17.9 Å². The van der Waals surface area contributed by atoms with Crippen molar-refractivity contribution in [3.63, 3.8) is 0 Å². The summed E-state index contributed by atoms with van der Waals surface area (Å²) in [5.41, 5.74) is -0.236. The van der Waals surface area contributed by atoms with Crippen LogP contribution in [-0.4, -0.2) is 32.5 Å². The van der Waals surface area contributed by atoms with E-state index in [1.54, 1.807) is 0 Å². The molecule has 1 atom stereocenters. The van der Waals surface area contributed by atoms with Gasteiger partial charge in [0.2, 0.25) is 0 Å². The van der Waals surface area contributed by atoms with Crippen LogP contribution < -0.4 is 5.32 Å². The Bertz CT molecular complexity index is 206. The minimum atomic E-state index is -4.24. The van der Waals surface area contributed by atoms with Gasteiger partial charge >= 0.3 is 6.18 Å². The van der Waals surface area contributed by atoms with Crippen molar-refractivity contribution in [1.82, 2.24) is 5.32 Å². The molecule has 1 N–H and O–H groups in total. The highest BCUT2D eigenvalue weighted by Crippen LogP contribution is 2.22. The predicted molar refractivity (Wildman–Crippen MR) is 63.0 cm³/mol. The maximum absolute atomic E-state index is 12.0. The van der Waals surface area contributed by atoms with Crippen molar-refractivity contribution in [2.75, 3.05) is 26.3 Å². The SMILES string of the molecule is CCC(C)(CNCC(C)C)COCC(F)(F)F. The zero-order valence-corrected chi connectivity index (χ0v) is 11.2. The summed E-state index contributed by atoms with van der Waals surface area (Å²) in [4.78, 5) is 0. The zero-order chi connectivity index (χ0) is 13.5. The Morgan fingerprint density at radius 1 is 1.18 bits per heavy atom. The Labute approximate surface area is 102 Å². The van der Waals surface area contributed by atoms with Gasteiger partial charge in [-0.2, -0.15) is 13.2 Å². The van der Waals surface area contributed by atoms with E-state index in [1.807, 2.05) is 13.8 Å². The van der Waals surface area contributed by atoms with Crippen LogP contribution in [0.25, 0.3) is 0 Å². The second-order valence-corrected chi connectivity index (χ2v) is 5.30. The predicted octanol–water partition coefficient (Wildman–Crippen LogP) is 3.23. The van der Waals surface area contributed by atoms with E-state index in [0.29, 0.717) is 12.5 Å². The number of ether oxygens (including phenoxy) is 1. The molecular weight excluding hydrogens is 231 g/mol. The van der Waals surface area contributed by atoms with Crippen LogP contribution in [0.3, 0.4) is 0 Å². The highest BCUT2D eigenvalue weighted by Gasteiger charge is 2.30. The maximum Gasteiger partial charge on any atom is 0.411 e. The topological polar surface area (TPSA) is 21.3 Å². The molecule has 0 aromatic rings. The van der Waals surface area contributed by atoms with Gasteiger partial charge in [-0.15, -0.1) is 0 Å². The van der Waals surface area contributed by atoms with Crippen molar-refractivity contribution in [2.24, 2.45) is 11.3 Å². The fourth-order valence-corrected chi connectivity index (χ4v) is 1.35. The van der Waals surface area contributed by atoms with E-state index in [-0.39, 0.29) is 12.0 Å². The van der Waals surface area contributed by atoms with Crippen LogP contribution in [0.5, 0.6) is 0 Å². The van der Waals surface area contributed by atoms with Crippen molar-refractivity contribution in [2.45, 2.75) is 40.3 Å². The smallest absolute Gasteiger partial charge is 0.371 e. The van der Waals surface area contributed by atoms with E-state index in [2.05, 4.69) is 19.2 Å². The van der Waals surface area contributed by atoms with Gasteiger partial charge in [0.15, 0.2) is 0 Å². The van der Waals surface area contributed by atoms with Crippen LogP contribution in [0.1, 0.15) is 34.1 Å². The van der Waals surface area contributed by atoms with Gasteiger partial charge < -0.3 is 10.1 Å². The molecule has 0 aliphatic heterocycles. The van der Waals surface area contributed by atoms with Crippen molar-refractivity contribution in [1.29, 1.82) is 0 Å². The molecule has 0 aromatic carbocycles. The number of alkyl halides is 3. The first-order valence-electron chi connectivity index (χ1n) is 6.04. The third-order valence-electron chi connectivity index (χ3n) is 2.67. The molecule has 17 heavy (non-hydrogen) atoms. The Morgan fingerprint density at radius 3 is 2.18 bits per heavy atom. The molecule has 0 amide bonds. The number of nitrogens with one attached hydrogen (secondary N) is 1. The lowest BCUT2D eigenvalue weighted by molar-refractivity contribution is -0.180. The largest absolute Gasteiger partial charge is 0.411 e. The van der Waals surface area contributed by atoms with Crippen molar-refractivity contribution in [3.8, 4) is 0 Å². The first-order chi connectivity index (χ1) is 7.68. The van der Waals surface area contributed by atoms with E-state index >= 15 is 0 Å². The Balaban J connectivity index is 3.93. The molecule has 0 fully saturated rings. The minimum Gasteiger partial charge on any atom is -0.371 e. The van der Waals surface area contributed by atoms with Crippen molar-refractivity contribution in [3.05, 3.63) is 0 Å². The summed E-state index contributed by atoms with van der Waals surface area (Å²) < 4.78 is 40.6. The third kappa shape index (κ3) is 9.41. The average Bonchev–Trinajstić information content (AvgIpc) is 2.15. The molecule has 2 nitrogen and oxygen atoms in total. The van der Waals surface area contributed by atoms with Gasteiger partial charge in [0.05, 0.1) is 6.61 Å². The van der Waals surface area contributed by atoms with E-state index in [4.69, 9.17) is 4.74 Å². The molecular formula is C12H24F3NO. The van der Waals surface area contributed by atoms with Gasteiger partial charge in [0.25, 0.3) is 0 Å². The van der Waals surface area contributed by atoms with Crippen molar-refractivity contribution >= 4 is 0 Å². The monoisotopic (exact) mass is 255 g/mol. The molecule has 0 saturated carbocycles. The second-order valence-electron chi connectivity index (χ2n) is 5.30. The van der Waals surface area contributed by atoms with Gasteiger partial charge in [0.1, 0.15) is 6.61 Å². The quantitative estimate of drug-likeness (QED) is 0.719. The van der Waals surface area contributed by atoms with Gasteiger partial charge in [-0.05, 0) is 18.9 Å². The molecule has 0 aliphatic carbocycles. The Morgan fingerprint density at radius 2 is 1.76 bits per heavy atom. The Kier molecular flexibility index (Phi) is 7.09. The fraction of sp³-hybridized carbons (Fsp3) is 1.00. The maximum atomic E-state index is 12.0. The summed E-state index contributed by atoms with van der Waals surface area (Å²) in [7, 11) is 0. The number of hydrogen-bond donors (Lipinski definition) is 1. The third-order valence-corrected chi connectivity index (χ3v) is 2.67. The molecule has 0 spiro atoms. The molecule has 0 aliphatic rings.